The maximum absolute atomic E-state index is 5.79. The smallest absolute Gasteiger partial charge is 0.173 e. The highest BCUT2D eigenvalue weighted by Crippen LogP contribution is 2.13. The van der Waals surface area contributed by atoms with Crippen LogP contribution in [-0.2, 0) is 0 Å². The van der Waals surface area contributed by atoms with Crippen molar-refractivity contribution in [3.05, 3.63) is 29.3 Å². The predicted octanol–water partition coefficient (Wildman–Crippen LogP) is 3.38. The second-order valence-electron chi connectivity index (χ2n) is 3.11. The number of hydrogen-bond acceptors (Lipinski definition) is 1. The monoisotopic (exact) mass is 242 g/mol. The first-order chi connectivity index (χ1) is 7.17. The van der Waals surface area contributed by atoms with E-state index in [1.807, 2.05) is 24.3 Å². The minimum atomic E-state index is 0.731. The van der Waals surface area contributed by atoms with Crippen molar-refractivity contribution in [3.8, 4) is 0 Å². The molecule has 0 spiro atoms. The van der Waals surface area contributed by atoms with Gasteiger partial charge in [0.25, 0.3) is 0 Å². The first kappa shape index (κ1) is 12.3. The van der Waals surface area contributed by atoms with E-state index in [0.717, 1.165) is 28.9 Å². The van der Waals surface area contributed by atoms with Crippen LogP contribution in [0.5, 0.6) is 0 Å². The Hall–Kier alpha value is -0.800. The molecule has 0 fully saturated rings. The zero-order valence-corrected chi connectivity index (χ0v) is 10.5. The number of nitrogens with zero attached hydrogens (tertiary/aromatic N) is 1. The number of nitrogens with one attached hydrogen (secondary N) is 1. The van der Waals surface area contributed by atoms with E-state index in [1.54, 1.807) is 0 Å². The molecule has 0 aliphatic rings. The molecule has 0 aliphatic carbocycles. The van der Waals surface area contributed by atoms with Crippen molar-refractivity contribution in [2.24, 2.45) is 0 Å². The van der Waals surface area contributed by atoms with Crippen molar-refractivity contribution in [2.75, 3.05) is 18.4 Å². The quantitative estimate of drug-likeness (QED) is 0.819. The fraction of sp³-hybridized carbons (Fsp3) is 0.364. The van der Waals surface area contributed by atoms with Crippen molar-refractivity contribution in [1.82, 2.24) is 4.90 Å². The van der Waals surface area contributed by atoms with E-state index in [1.165, 1.54) is 0 Å². The van der Waals surface area contributed by atoms with Gasteiger partial charge in [0.15, 0.2) is 5.11 Å². The Kier molecular flexibility index (Phi) is 4.85. The molecule has 0 saturated carbocycles. The van der Waals surface area contributed by atoms with Crippen molar-refractivity contribution in [1.29, 1.82) is 0 Å². The van der Waals surface area contributed by atoms with Gasteiger partial charge >= 0.3 is 0 Å². The van der Waals surface area contributed by atoms with Crippen LogP contribution in [0.4, 0.5) is 5.69 Å². The van der Waals surface area contributed by atoms with E-state index >= 15 is 0 Å². The molecule has 0 saturated heterocycles. The van der Waals surface area contributed by atoms with Gasteiger partial charge in [-0.05, 0) is 50.3 Å². The van der Waals surface area contributed by atoms with Gasteiger partial charge in [-0.1, -0.05) is 11.6 Å². The Morgan fingerprint density at radius 3 is 2.27 bits per heavy atom. The van der Waals surface area contributed by atoms with E-state index in [9.17, 15) is 0 Å². The highest BCUT2D eigenvalue weighted by molar-refractivity contribution is 7.80. The summed E-state index contributed by atoms with van der Waals surface area (Å²) in [5, 5.41) is 4.65. The van der Waals surface area contributed by atoms with E-state index in [0.29, 0.717) is 0 Å². The van der Waals surface area contributed by atoms with Gasteiger partial charge in [-0.3, -0.25) is 0 Å². The fourth-order valence-electron chi connectivity index (χ4n) is 1.25. The van der Waals surface area contributed by atoms with Crippen molar-refractivity contribution in [2.45, 2.75) is 13.8 Å². The second-order valence-corrected chi connectivity index (χ2v) is 3.93. The fourth-order valence-corrected chi connectivity index (χ4v) is 1.75. The first-order valence-corrected chi connectivity index (χ1v) is 5.77. The third-order valence-electron chi connectivity index (χ3n) is 2.15. The second kappa shape index (κ2) is 5.93. The summed E-state index contributed by atoms with van der Waals surface area (Å²) in [4.78, 5) is 2.09. The molecule has 0 aromatic heterocycles. The van der Waals surface area contributed by atoms with Crippen LogP contribution in [0, 0.1) is 0 Å². The SMILES string of the molecule is CCN(CC)C(=S)Nc1ccc(Cl)cc1. The van der Waals surface area contributed by atoms with E-state index in [4.69, 9.17) is 23.8 Å². The molecule has 0 atom stereocenters. The Balaban J connectivity index is 2.61. The zero-order chi connectivity index (χ0) is 11.3. The molecule has 1 aromatic carbocycles. The molecule has 0 amide bonds. The van der Waals surface area contributed by atoms with Crippen molar-refractivity contribution >= 4 is 34.6 Å². The molecule has 0 radical (unpaired) electrons. The van der Waals surface area contributed by atoms with Gasteiger partial charge in [-0.2, -0.15) is 0 Å². The lowest BCUT2D eigenvalue weighted by atomic mass is 10.3. The van der Waals surface area contributed by atoms with E-state index in [2.05, 4.69) is 24.1 Å². The molecular weight excluding hydrogens is 228 g/mol. The van der Waals surface area contributed by atoms with Gasteiger partial charge in [-0.15, -0.1) is 0 Å². The van der Waals surface area contributed by atoms with Gasteiger partial charge in [0.1, 0.15) is 0 Å². The maximum Gasteiger partial charge on any atom is 0.173 e. The highest BCUT2D eigenvalue weighted by Gasteiger charge is 2.04. The predicted molar refractivity (Wildman–Crippen MR) is 70.6 cm³/mol. The van der Waals surface area contributed by atoms with E-state index in [-0.39, 0.29) is 0 Å². The standard InChI is InChI=1S/C11H15ClN2S/c1-3-14(4-2)11(15)13-10-7-5-9(12)6-8-10/h5-8H,3-4H2,1-2H3,(H,13,15). The van der Waals surface area contributed by atoms with Crippen LogP contribution >= 0.6 is 23.8 Å². The lowest BCUT2D eigenvalue weighted by molar-refractivity contribution is 0.473. The van der Waals surface area contributed by atoms with Gasteiger partial charge in [-0.25, -0.2) is 0 Å². The van der Waals surface area contributed by atoms with Crippen LogP contribution in [0.25, 0.3) is 0 Å². The molecular formula is C11H15ClN2S. The maximum atomic E-state index is 5.79. The van der Waals surface area contributed by atoms with Gasteiger partial charge in [0, 0.05) is 23.8 Å². The average Bonchev–Trinajstić information content (AvgIpc) is 2.23. The van der Waals surface area contributed by atoms with Crippen LogP contribution in [0.3, 0.4) is 0 Å². The number of benzene rings is 1. The van der Waals surface area contributed by atoms with Gasteiger partial charge < -0.3 is 10.2 Å². The first-order valence-electron chi connectivity index (χ1n) is 4.98. The van der Waals surface area contributed by atoms with Crippen LogP contribution in [0.1, 0.15) is 13.8 Å². The molecule has 82 valence electrons. The van der Waals surface area contributed by atoms with Crippen molar-refractivity contribution < 1.29 is 0 Å². The Morgan fingerprint density at radius 2 is 1.80 bits per heavy atom. The number of hydrogen-bond donors (Lipinski definition) is 1. The van der Waals surface area contributed by atoms with Crippen LogP contribution in [-0.4, -0.2) is 23.1 Å². The van der Waals surface area contributed by atoms with Gasteiger partial charge in [0.2, 0.25) is 0 Å². The summed E-state index contributed by atoms with van der Waals surface area (Å²) >= 11 is 11.1. The summed E-state index contributed by atoms with van der Waals surface area (Å²) in [7, 11) is 0. The number of rotatable bonds is 3. The molecule has 0 unspecified atom stereocenters. The van der Waals surface area contributed by atoms with Crippen LogP contribution in [0.15, 0.2) is 24.3 Å². The molecule has 15 heavy (non-hydrogen) atoms. The lowest BCUT2D eigenvalue weighted by Gasteiger charge is -2.22. The van der Waals surface area contributed by atoms with E-state index < -0.39 is 0 Å². The molecule has 0 bridgehead atoms. The number of anilines is 1. The summed E-state index contributed by atoms with van der Waals surface area (Å²) < 4.78 is 0. The summed E-state index contributed by atoms with van der Waals surface area (Å²) in [6.07, 6.45) is 0. The lowest BCUT2D eigenvalue weighted by Crippen LogP contribution is -2.34. The van der Waals surface area contributed by atoms with Crippen molar-refractivity contribution in [3.63, 3.8) is 0 Å². The Bertz CT molecular complexity index is 320. The molecule has 1 N–H and O–H groups in total. The largest absolute Gasteiger partial charge is 0.350 e. The molecule has 1 rings (SSSR count). The normalized spacial score (nSPS) is 9.80. The third-order valence-corrected chi connectivity index (χ3v) is 2.76. The topological polar surface area (TPSA) is 15.3 Å². The van der Waals surface area contributed by atoms with Gasteiger partial charge in [0.05, 0.1) is 0 Å². The summed E-state index contributed by atoms with van der Waals surface area (Å²) in [5.74, 6) is 0. The summed E-state index contributed by atoms with van der Waals surface area (Å²) in [6.45, 7) is 5.99. The summed E-state index contributed by atoms with van der Waals surface area (Å²) in [6, 6.07) is 7.51. The number of thiocarbonyl (C=S) groups is 1. The third kappa shape index (κ3) is 3.68. The minimum Gasteiger partial charge on any atom is -0.350 e. The Morgan fingerprint density at radius 1 is 1.27 bits per heavy atom. The highest BCUT2D eigenvalue weighted by atomic mass is 35.5. The van der Waals surface area contributed by atoms with Crippen LogP contribution in [0.2, 0.25) is 5.02 Å². The minimum absolute atomic E-state index is 0.731. The molecule has 4 heteroatoms. The molecule has 2 nitrogen and oxygen atoms in total. The molecule has 1 aromatic rings. The summed E-state index contributed by atoms with van der Waals surface area (Å²) in [5.41, 5.74) is 0.969. The molecule has 0 heterocycles. The van der Waals surface area contributed by atoms with Crippen LogP contribution < -0.4 is 5.32 Å². The zero-order valence-electron chi connectivity index (χ0n) is 8.96. The number of halogens is 1. The molecule has 0 aliphatic heterocycles. The average molecular weight is 243 g/mol. The Labute approximate surface area is 101 Å².